The monoisotopic (exact) mass is 489 g/mol. The summed E-state index contributed by atoms with van der Waals surface area (Å²) in [7, 11) is 0. The lowest BCUT2D eigenvalue weighted by Crippen LogP contribution is -2.38. The molecule has 2 N–H and O–H groups in total. The number of benzene rings is 1. The molecule has 1 aromatic carbocycles. The van der Waals surface area contributed by atoms with Gasteiger partial charge in [-0.25, -0.2) is 24.7 Å². The number of carbonyl (C=O) groups is 1. The maximum Gasteiger partial charge on any atom is 0.413 e. The summed E-state index contributed by atoms with van der Waals surface area (Å²) in [5.74, 6) is 1.37. The molecule has 0 saturated carbocycles. The van der Waals surface area contributed by atoms with Gasteiger partial charge in [-0.1, -0.05) is 0 Å². The van der Waals surface area contributed by atoms with Crippen LogP contribution in [0.1, 0.15) is 6.92 Å². The van der Waals surface area contributed by atoms with Gasteiger partial charge in [0.1, 0.15) is 12.1 Å². The van der Waals surface area contributed by atoms with E-state index < -0.39 is 6.09 Å². The number of ether oxygens (including phenoxy) is 3. The van der Waals surface area contributed by atoms with E-state index in [1.807, 2.05) is 24.3 Å². The molecule has 0 spiro atoms. The van der Waals surface area contributed by atoms with Gasteiger partial charge in [-0.15, -0.1) is 0 Å². The smallest absolute Gasteiger partial charge is 0.413 e. The Morgan fingerprint density at radius 1 is 1.14 bits per heavy atom. The molecule has 0 bridgehead atoms. The van der Waals surface area contributed by atoms with Crippen molar-refractivity contribution in [3.63, 3.8) is 0 Å². The maximum atomic E-state index is 11.9. The second-order valence-corrected chi connectivity index (χ2v) is 8.11. The molecule has 3 aromatic heterocycles. The summed E-state index contributed by atoms with van der Waals surface area (Å²) >= 11 is 0. The zero-order chi connectivity index (χ0) is 24.7. The normalized spacial score (nSPS) is 14.0. The van der Waals surface area contributed by atoms with Crippen LogP contribution >= 0.6 is 0 Å². The average Bonchev–Trinajstić information content (AvgIpc) is 3.32. The molecule has 0 atom stereocenters. The Kier molecular flexibility index (Phi) is 7.29. The fourth-order valence-electron chi connectivity index (χ4n) is 3.96. The van der Waals surface area contributed by atoms with E-state index in [2.05, 4.69) is 35.1 Å². The quantitative estimate of drug-likeness (QED) is 0.383. The largest absolute Gasteiger partial charge is 0.476 e. The second-order valence-electron chi connectivity index (χ2n) is 8.11. The number of aromatic amines is 1. The van der Waals surface area contributed by atoms with E-state index in [0.29, 0.717) is 29.3 Å². The van der Waals surface area contributed by atoms with Gasteiger partial charge in [0.05, 0.1) is 25.3 Å². The summed E-state index contributed by atoms with van der Waals surface area (Å²) in [5.41, 5.74) is 3.86. The third-order valence-electron chi connectivity index (χ3n) is 5.72. The first kappa shape index (κ1) is 23.6. The number of H-pyrrole nitrogens is 1. The molecule has 0 aliphatic carbocycles. The zero-order valence-corrected chi connectivity index (χ0v) is 19.9. The van der Waals surface area contributed by atoms with Crippen molar-refractivity contribution in [3.8, 4) is 28.4 Å². The van der Waals surface area contributed by atoms with Crippen LogP contribution in [-0.2, 0) is 9.47 Å². The summed E-state index contributed by atoms with van der Waals surface area (Å²) in [5, 5.41) is 2.61. The Labute approximate surface area is 207 Å². The van der Waals surface area contributed by atoms with Crippen LogP contribution in [-0.4, -0.2) is 82.0 Å². The third kappa shape index (κ3) is 5.58. The SMILES string of the molecule is CCOC(=O)Nc1nc2c(-c3ncccn3)cc(-c3ccc(OCCN4CCOCC4)nc3)cc2[nH]1. The van der Waals surface area contributed by atoms with Crippen molar-refractivity contribution in [2.75, 3.05) is 51.4 Å². The molecule has 11 nitrogen and oxygen atoms in total. The van der Waals surface area contributed by atoms with Gasteiger partial charge in [0.2, 0.25) is 11.8 Å². The maximum absolute atomic E-state index is 11.9. The topological polar surface area (TPSA) is 127 Å². The highest BCUT2D eigenvalue weighted by molar-refractivity contribution is 5.96. The summed E-state index contributed by atoms with van der Waals surface area (Å²) in [6, 6.07) is 9.48. The Balaban J connectivity index is 1.38. The van der Waals surface area contributed by atoms with E-state index in [1.165, 1.54) is 0 Å². The molecule has 1 aliphatic heterocycles. The number of nitrogens with one attached hydrogen (secondary N) is 2. The lowest BCUT2D eigenvalue weighted by Gasteiger charge is -2.26. The summed E-state index contributed by atoms with van der Waals surface area (Å²) in [4.78, 5) is 35.2. The van der Waals surface area contributed by atoms with Gasteiger partial charge in [-0.2, -0.15) is 0 Å². The van der Waals surface area contributed by atoms with Crippen LogP contribution in [0.3, 0.4) is 0 Å². The molecule has 1 fully saturated rings. The van der Waals surface area contributed by atoms with E-state index in [9.17, 15) is 4.79 Å². The van der Waals surface area contributed by atoms with Crippen LogP contribution in [0, 0.1) is 0 Å². The average molecular weight is 490 g/mol. The number of fused-ring (bicyclic) bond motifs is 1. The Bertz CT molecular complexity index is 1310. The number of hydrogen-bond acceptors (Lipinski definition) is 9. The van der Waals surface area contributed by atoms with Crippen LogP contribution < -0.4 is 10.1 Å². The first-order chi connectivity index (χ1) is 17.7. The van der Waals surface area contributed by atoms with Crippen LogP contribution in [0.15, 0.2) is 48.9 Å². The fraction of sp³-hybridized carbons (Fsp3) is 0.320. The highest BCUT2D eigenvalue weighted by Crippen LogP contribution is 2.32. The van der Waals surface area contributed by atoms with E-state index in [4.69, 9.17) is 14.2 Å². The molecule has 1 saturated heterocycles. The van der Waals surface area contributed by atoms with E-state index in [1.54, 1.807) is 31.6 Å². The minimum Gasteiger partial charge on any atom is -0.476 e. The molecule has 1 aliphatic rings. The first-order valence-electron chi connectivity index (χ1n) is 11.8. The number of rotatable bonds is 8. The number of anilines is 1. The predicted molar refractivity (Wildman–Crippen MR) is 134 cm³/mol. The zero-order valence-electron chi connectivity index (χ0n) is 19.9. The predicted octanol–water partition coefficient (Wildman–Crippen LogP) is 3.36. The Morgan fingerprint density at radius 2 is 1.97 bits per heavy atom. The first-order valence-corrected chi connectivity index (χ1v) is 11.8. The van der Waals surface area contributed by atoms with Crippen LogP contribution in [0.25, 0.3) is 33.5 Å². The van der Waals surface area contributed by atoms with E-state index in [0.717, 1.165) is 49.5 Å². The Morgan fingerprint density at radius 3 is 2.72 bits per heavy atom. The van der Waals surface area contributed by atoms with Crippen LogP contribution in [0.5, 0.6) is 5.88 Å². The van der Waals surface area contributed by atoms with E-state index in [-0.39, 0.29) is 12.6 Å². The van der Waals surface area contributed by atoms with Gasteiger partial charge in [-0.3, -0.25) is 10.2 Å². The molecule has 11 heteroatoms. The lowest BCUT2D eigenvalue weighted by molar-refractivity contribution is 0.0320. The van der Waals surface area contributed by atoms with Gasteiger partial charge in [0.25, 0.3) is 0 Å². The Hall–Kier alpha value is -4.09. The molecule has 4 aromatic rings. The minimum atomic E-state index is -0.581. The lowest BCUT2D eigenvalue weighted by atomic mass is 10.0. The van der Waals surface area contributed by atoms with Crippen molar-refractivity contribution in [2.45, 2.75) is 6.92 Å². The molecular weight excluding hydrogens is 462 g/mol. The number of carbonyl (C=O) groups excluding carboxylic acids is 1. The highest BCUT2D eigenvalue weighted by Gasteiger charge is 2.16. The van der Waals surface area contributed by atoms with Crippen LogP contribution in [0.4, 0.5) is 10.7 Å². The van der Waals surface area contributed by atoms with Crippen molar-refractivity contribution >= 4 is 23.1 Å². The van der Waals surface area contributed by atoms with E-state index >= 15 is 0 Å². The van der Waals surface area contributed by atoms with Crippen molar-refractivity contribution in [3.05, 3.63) is 48.9 Å². The standard InChI is InChI=1S/C25H27N7O4/c1-2-35-25(33)31-24-29-20-15-18(14-19(22(20)30-24)23-26-6-3-7-27-23)17-4-5-21(28-16-17)36-13-10-32-8-11-34-12-9-32/h3-7,14-16H,2,8-13H2,1H3,(H2,29,30,31,33). The fourth-order valence-corrected chi connectivity index (χ4v) is 3.96. The summed E-state index contributed by atoms with van der Waals surface area (Å²) in [6.45, 7) is 6.80. The summed E-state index contributed by atoms with van der Waals surface area (Å²) < 4.78 is 16.2. The number of amides is 1. The highest BCUT2D eigenvalue weighted by atomic mass is 16.5. The van der Waals surface area contributed by atoms with Crippen molar-refractivity contribution < 1.29 is 19.0 Å². The van der Waals surface area contributed by atoms with Crippen molar-refractivity contribution in [1.82, 2.24) is 29.8 Å². The molecule has 1 amide bonds. The molecule has 5 rings (SSSR count). The molecule has 0 radical (unpaired) electrons. The third-order valence-corrected chi connectivity index (χ3v) is 5.72. The number of aromatic nitrogens is 5. The van der Waals surface area contributed by atoms with Crippen LogP contribution in [0.2, 0.25) is 0 Å². The molecule has 0 unspecified atom stereocenters. The number of hydrogen-bond donors (Lipinski definition) is 2. The summed E-state index contributed by atoms with van der Waals surface area (Å²) in [6.07, 6.45) is 4.54. The number of morpholine rings is 1. The van der Waals surface area contributed by atoms with Crippen molar-refractivity contribution in [1.29, 1.82) is 0 Å². The van der Waals surface area contributed by atoms with Gasteiger partial charge in [0, 0.05) is 55.4 Å². The van der Waals surface area contributed by atoms with Crippen molar-refractivity contribution in [2.24, 2.45) is 0 Å². The molecular formula is C25H27N7O4. The number of pyridine rings is 1. The van der Waals surface area contributed by atoms with Gasteiger partial charge < -0.3 is 19.2 Å². The van der Waals surface area contributed by atoms with Gasteiger partial charge in [-0.05, 0) is 36.8 Å². The molecule has 4 heterocycles. The second kappa shape index (κ2) is 11.1. The molecule has 36 heavy (non-hydrogen) atoms. The molecule has 186 valence electrons. The number of imidazole rings is 1. The van der Waals surface area contributed by atoms with Gasteiger partial charge >= 0.3 is 6.09 Å². The minimum absolute atomic E-state index is 0.263. The van der Waals surface area contributed by atoms with Gasteiger partial charge in [0.15, 0.2) is 5.82 Å². The number of nitrogens with zero attached hydrogens (tertiary/aromatic N) is 5.